The minimum absolute atomic E-state index is 0.228. The number of hydrogen-bond donors (Lipinski definition) is 0. The van der Waals surface area contributed by atoms with Crippen LogP contribution >= 0.6 is 27.5 Å². The zero-order valence-electron chi connectivity index (χ0n) is 6.93. The second-order valence-corrected chi connectivity index (χ2v) is 3.78. The number of allylic oxidation sites excluding steroid dienone is 1. The van der Waals surface area contributed by atoms with Crippen LogP contribution in [0, 0.1) is 5.82 Å². The molecule has 0 saturated heterocycles. The molecule has 13 heavy (non-hydrogen) atoms. The average molecular weight is 264 g/mol. The molecule has 0 nitrogen and oxygen atoms in total. The maximum atomic E-state index is 12.8. The molecule has 0 amide bonds. The first kappa shape index (κ1) is 10.7. The van der Waals surface area contributed by atoms with Gasteiger partial charge in [-0.15, -0.1) is 11.6 Å². The van der Waals surface area contributed by atoms with E-state index in [0.29, 0.717) is 5.88 Å². The first-order valence-electron chi connectivity index (χ1n) is 3.91. The first-order valence-corrected chi connectivity index (χ1v) is 5.24. The lowest BCUT2D eigenvalue weighted by molar-refractivity contribution is 0.627. The molecule has 70 valence electrons. The minimum Gasteiger partial charge on any atom is -0.207 e. The van der Waals surface area contributed by atoms with E-state index in [0.717, 1.165) is 16.5 Å². The second kappa shape index (κ2) is 5.40. The lowest BCUT2D eigenvalue weighted by atomic mass is 10.2. The van der Waals surface area contributed by atoms with Gasteiger partial charge in [-0.25, -0.2) is 4.39 Å². The minimum atomic E-state index is -0.228. The molecule has 0 atom stereocenters. The highest BCUT2D eigenvalue weighted by atomic mass is 79.9. The van der Waals surface area contributed by atoms with Crippen molar-refractivity contribution in [1.82, 2.24) is 0 Å². The lowest BCUT2D eigenvalue weighted by Crippen LogP contribution is -1.79. The third-order valence-corrected chi connectivity index (χ3v) is 2.47. The molecular formula is C10H9BrClF. The Morgan fingerprint density at radius 3 is 2.92 bits per heavy atom. The Hall–Kier alpha value is -0.340. The van der Waals surface area contributed by atoms with Crippen molar-refractivity contribution in [3.05, 3.63) is 40.1 Å². The summed E-state index contributed by atoms with van der Waals surface area (Å²) < 4.78 is 13.7. The van der Waals surface area contributed by atoms with E-state index in [4.69, 9.17) is 11.6 Å². The zero-order valence-corrected chi connectivity index (χ0v) is 9.28. The van der Waals surface area contributed by atoms with Gasteiger partial charge in [0.05, 0.1) is 0 Å². The molecule has 0 saturated carbocycles. The summed E-state index contributed by atoms with van der Waals surface area (Å²) in [4.78, 5) is 0. The lowest BCUT2D eigenvalue weighted by Gasteiger charge is -1.97. The monoisotopic (exact) mass is 262 g/mol. The SMILES string of the molecule is Fc1ccc(Br)c(C=CCCCl)c1. The number of hydrogen-bond acceptors (Lipinski definition) is 0. The highest BCUT2D eigenvalue weighted by molar-refractivity contribution is 9.10. The van der Waals surface area contributed by atoms with Gasteiger partial charge >= 0.3 is 0 Å². The van der Waals surface area contributed by atoms with Gasteiger partial charge in [-0.1, -0.05) is 28.1 Å². The standard InChI is InChI=1S/C10H9BrClF/c11-10-5-4-9(13)7-8(10)3-1-2-6-12/h1,3-5,7H,2,6H2. The molecule has 0 aliphatic heterocycles. The van der Waals surface area contributed by atoms with Gasteiger partial charge in [0.25, 0.3) is 0 Å². The molecule has 0 spiro atoms. The Balaban J connectivity index is 2.81. The molecule has 0 radical (unpaired) electrons. The van der Waals surface area contributed by atoms with Gasteiger partial charge in [-0.05, 0) is 30.2 Å². The second-order valence-electron chi connectivity index (χ2n) is 2.55. The van der Waals surface area contributed by atoms with Crippen molar-refractivity contribution >= 4 is 33.6 Å². The van der Waals surface area contributed by atoms with Crippen LogP contribution in [0.1, 0.15) is 12.0 Å². The van der Waals surface area contributed by atoms with Crippen LogP contribution in [0.5, 0.6) is 0 Å². The van der Waals surface area contributed by atoms with Gasteiger partial charge < -0.3 is 0 Å². The molecule has 3 heteroatoms. The van der Waals surface area contributed by atoms with Crippen LogP contribution in [0.25, 0.3) is 6.08 Å². The molecule has 1 aromatic carbocycles. The van der Waals surface area contributed by atoms with Crippen LogP contribution in [0.4, 0.5) is 4.39 Å². The van der Waals surface area contributed by atoms with Crippen molar-refractivity contribution in [1.29, 1.82) is 0 Å². The predicted octanol–water partition coefficient (Wildman–Crippen LogP) is 4.23. The molecule has 0 bridgehead atoms. The van der Waals surface area contributed by atoms with Gasteiger partial charge in [0, 0.05) is 10.4 Å². The largest absolute Gasteiger partial charge is 0.207 e. The third-order valence-electron chi connectivity index (χ3n) is 1.53. The van der Waals surface area contributed by atoms with Gasteiger partial charge in [-0.2, -0.15) is 0 Å². The molecule has 0 aliphatic rings. The summed E-state index contributed by atoms with van der Waals surface area (Å²) in [5.74, 6) is 0.359. The fraction of sp³-hybridized carbons (Fsp3) is 0.200. The Labute approximate surface area is 90.5 Å². The summed E-state index contributed by atoms with van der Waals surface area (Å²) in [5, 5.41) is 0. The molecule has 0 N–H and O–H groups in total. The van der Waals surface area contributed by atoms with E-state index in [1.54, 1.807) is 6.07 Å². The van der Waals surface area contributed by atoms with E-state index in [9.17, 15) is 4.39 Å². The van der Waals surface area contributed by atoms with Gasteiger partial charge in [0.2, 0.25) is 0 Å². The number of rotatable bonds is 3. The molecule has 0 unspecified atom stereocenters. The fourth-order valence-electron chi connectivity index (χ4n) is 0.916. The Morgan fingerprint density at radius 2 is 2.23 bits per heavy atom. The maximum absolute atomic E-state index is 12.8. The highest BCUT2D eigenvalue weighted by Gasteiger charge is 1.96. The van der Waals surface area contributed by atoms with Crippen molar-refractivity contribution in [3.8, 4) is 0 Å². The van der Waals surface area contributed by atoms with Crippen LogP contribution in [0.15, 0.2) is 28.7 Å². The summed E-state index contributed by atoms with van der Waals surface area (Å²) >= 11 is 8.83. The highest BCUT2D eigenvalue weighted by Crippen LogP contribution is 2.19. The van der Waals surface area contributed by atoms with Crippen LogP contribution in [-0.2, 0) is 0 Å². The van der Waals surface area contributed by atoms with E-state index in [-0.39, 0.29) is 5.82 Å². The molecule has 1 rings (SSSR count). The summed E-state index contributed by atoms with van der Waals surface area (Å²) in [6.45, 7) is 0. The van der Waals surface area contributed by atoms with E-state index in [2.05, 4.69) is 15.9 Å². The van der Waals surface area contributed by atoms with Crippen molar-refractivity contribution in [2.24, 2.45) is 0 Å². The van der Waals surface area contributed by atoms with E-state index in [1.807, 2.05) is 12.2 Å². The Morgan fingerprint density at radius 1 is 1.46 bits per heavy atom. The van der Waals surface area contributed by atoms with Gasteiger partial charge in [0.1, 0.15) is 5.82 Å². The molecule has 0 heterocycles. The molecule has 1 aromatic rings. The molecular weight excluding hydrogens is 254 g/mol. The van der Waals surface area contributed by atoms with E-state index >= 15 is 0 Å². The predicted molar refractivity (Wildman–Crippen MR) is 58.5 cm³/mol. The zero-order chi connectivity index (χ0) is 9.68. The molecule has 0 aliphatic carbocycles. The number of alkyl halides is 1. The van der Waals surface area contributed by atoms with Crippen molar-refractivity contribution in [3.63, 3.8) is 0 Å². The van der Waals surface area contributed by atoms with E-state index < -0.39 is 0 Å². The number of benzene rings is 1. The van der Waals surface area contributed by atoms with Crippen LogP contribution < -0.4 is 0 Å². The van der Waals surface area contributed by atoms with Crippen LogP contribution in [0.3, 0.4) is 0 Å². The Kier molecular flexibility index (Phi) is 4.46. The normalized spacial score (nSPS) is 11.0. The molecule has 0 fully saturated rings. The van der Waals surface area contributed by atoms with Crippen LogP contribution in [0.2, 0.25) is 0 Å². The van der Waals surface area contributed by atoms with Crippen molar-refractivity contribution < 1.29 is 4.39 Å². The number of halogens is 3. The van der Waals surface area contributed by atoms with Gasteiger partial charge in [0.15, 0.2) is 0 Å². The van der Waals surface area contributed by atoms with E-state index in [1.165, 1.54) is 12.1 Å². The summed E-state index contributed by atoms with van der Waals surface area (Å²) in [6, 6.07) is 4.59. The maximum Gasteiger partial charge on any atom is 0.123 e. The quantitative estimate of drug-likeness (QED) is 0.716. The summed E-state index contributed by atoms with van der Waals surface area (Å²) in [6.07, 6.45) is 4.58. The van der Waals surface area contributed by atoms with Crippen molar-refractivity contribution in [2.75, 3.05) is 5.88 Å². The fourth-order valence-corrected chi connectivity index (χ4v) is 1.42. The smallest absolute Gasteiger partial charge is 0.123 e. The Bertz CT molecular complexity index is 310. The summed E-state index contributed by atoms with van der Waals surface area (Å²) in [5.41, 5.74) is 0.838. The average Bonchev–Trinajstić information content (AvgIpc) is 2.11. The summed E-state index contributed by atoms with van der Waals surface area (Å²) in [7, 11) is 0. The van der Waals surface area contributed by atoms with Crippen LogP contribution in [-0.4, -0.2) is 5.88 Å². The molecule has 0 aromatic heterocycles. The third kappa shape index (κ3) is 3.49. The topological polar surface area (TPSA) is 0 Å². The van der Waals surface area contributed by atoms with Crippen molar-refractivity contribution in [2.45, 2.75) is 6.42 Å². The first-order chi connectivity index (χ1) is 6.24. The van der Waals surface area contributed by atoms with Gasteiger partial charge in [-0.3, -0.25) is 0 Å².